The smallest absolute Gasteiger partial charge is 0.305 e. The second-order valence-corrected chi connectivity index (χ2v) is 26.0. The largest absolute Gasteiger partial charge is 0.466 e. The van der Waals surface area contributed by atoms with Gasteiger partial charge in [0.2, 0.25) is 5.91 Å². The number of aliphatic hydroxyl groups excluding tert-OH is 2. The van der Waals surface area contributed by atoms with Gasteiger partial charge >= 0.3 is 5.97 Å². The topological polar surface area (TPSA) is 95.9 Å². The third-order valence-electron chi connectivity index (χ3n) is 17.7. The molecule has 0 saturated heterocycles. The zero-order chi connectivity index (χ0) is 59.2. The molecule has 1 amide bonds. The Morgan fingerprint density at radius 3 is 0.866 bits per heavy atom. The van der Waals surface area contributed by atoms with Gasteiger partial charge in [-0.15, -0.1) is 0 Å². The van der Waals surface area contributed by atoms with Crippen LogP contribution in [0, 0.1) is 0 Å². The van der Waals surface area contributed by atoms with Gasteiger partial charge in [-0.3, -0.25) is 9.59 Å². The molecule has 486 valence electrons. The summed E-state index contributed by atoms with van der Waals surface area (Å²) in [5, 5.41) is 23.3. The molecule has 2 unspecified atom stereocenters. The molecule has 0 aromatic carbocycles. The molecule has 0 aliphatic carbocycles. The van der Waals surface area contributed by atoms with E-state index < -0.39 is 12.1 Å². The highest BCUT2D eigenvalue weighted by Crippen LogP contribution is 2.19. The Hall–Kier alpha value is -1.66. The standard InChI is InChI=1S/C76H147NO5/c1-3-5-7-9-11-13-15-17-19-20-21-35-38-41-44-48-52-56-60-64-68-74(79)73(72-78)77-75(80)69-65-61-57-53-49-45-42-39-36-33-31-29-27-25-23-22-24-26-28-30-32-34-37-40-43-47-51-55-59-63-67-71-82-76(81)70-66-62-58-54-50-46-18-16-14-12-10-8-6-4-2/h24,26,64,68,73-74,78-79H,3-23,25,27-63,65-67,69-72H2,1-2H3,(H,77,80)/b26-24-,68-64+. The Morgan fingerprint density at radius 1 is 0.329 bits per heavy atom. The number of nitrogens with one attached hydrogen (secondary N) is 1. The normalized spacial score (nSPS) is 12.6. The Balaban J connectivity index is 3.38. The maximum Gasteiger partial charge on any atom is 0.305 e. The number of amides is 1. The molecule has 0 spiro atoms. The molecule has 0 saturated carbocycles. The second-order valence-electron chi connectivity index (χ2n) is 26.0. The second kappa shape index (κ2) is 71.8. The first-order valence-electron chi connectivity index (χ1n) is 37.6. The summed E-state index contributed by atoms with van der Waals surface area (Å²) in [7, 11) is 0. The van der Waals surface area contributed by atoms with E-state index >= 15 is 0 Å². The quantitative estimate of drug-likeness (QED) is 0.0320. The van der Waals surface area contributed by atoms with E-state index in [2.05, 4.69) is 31.3 Å². The molecule has 6 heteroatoms. The van der Waals surface area contributed by atoms with Crippen LogP contribution in [0.4, 0.5) is 0 Å². The van der Waals surface area contributed by atoms with E-state index in [-0.39, 0.29) is 18.5 Å². The van der Waals surface area contributed by atoms with Crippen molar-refractivity contribution in [3.8, 4) is 0 Å². The van der Waals surface area contributed by atoms with Crippen LogP contribution in [0.15, 0.2) is 24.3 Å². The van der Waals surface area contributed by atoms with Crippen LogP contribution < -0.4 is 5.32 Å². The molecule has 3 N–H and O–H groups in total. The molecule has 0 aromatic rings. The Kier molecular flexibility index (Phi) is 70.4. The van der Waals surface area contributed by atoms with Gasteiger partial charge in [0.1, 0.15) is 0 Å². The van der Waals surface area contributed by atoms with Crippen molar-refractivity contribution in [1.29, 1.82) is 0 Å². The number of ether oxygens (including phenoxy) is 1. The van der Waals surface area contributed by atoms with Crippen molar-refractivity contribution in [3.05, 3.63) is 24.3 Å². The first-order valence-corrected chi connectivity index (χ1v) is 37.6. The summed E-state index contributed by atoms with van der Waals surface area (Å²) in [6.07, 6.45) is 91.4. The van der Waals surface area contributed by atoms with Gasteiger partial charge in [-0.25, -0.2) is 0 Å². The number of aliphatic hydroxyl groups is 2. The van der Waals surface area contributed by atoms with Crippen LogP contribution in [0.2, 0.25) is 0 Å². The lowest BCUT2D eigenvalue weighted by Crippen LogP contribution is -2.45. The number of hydrogen-bond acceptors (Lipinski definition) is 5. The van der Waals surface area contributed by atoms with Crippen LogP contribution in [-0.4, -0.2) is 47.4 Å². The summed E-state index contributed by atoms with van der Waals surface area (Å²) in [5.41, 5.74) is 0. The third-order valence-corrected chi connectivity index (χ3v) is 17.7. The highest BCUT2D eigenvalue weighted by Gasteiger charge is 2.18. The number of carbonyl (C=O) groups is 2. The van der Waals surface area contributed by atoms with Crippen molar-refractivity contribution in [2.75, 3.05) is 13.2 Å². The lowest BCUT2D eigenvalue weighted by molar-refractivity contribution is -0.143. The van der Waals surface area contributed by atoms with Crippen LogP contribution in [0.3, 0.4) is 0 Å². The molecular weight excluding hydrogens is 1010 g/mol. The maximum atomic E-state index is 12.5. The predicted octanol–water partition coefficient (Wildman–Crippen LogP) is 24.5. The third kappa shape index (κ3) is 67.5. The van der Waals surface area contributed by atoms with Gasteiger partial charge in [0.05, 0.1) is 25.4 Å². The van der Waals surface area contributed by atoms with Crippen molar-refractivity contribution in [2.45, 2.75) is 437 Å². The summed E-state index contributed by atoms with van der Waals surface area (Å²) in [4.78, 5) is 24.6. The Bertz CT molecular complexity index is 1280. The minimum atomic E-state index is -0.844. The molecular formula is C76H147NO5. The van der Waals surface area contributed by atoms with E-state index in [4.69, 9.17) is 4.74 Å². The lowest BCUT2D eigenvalue weighted by Gasteiger charge is -2.20. The van der Waals surface area contributed by atoms with E-state index in [0.29, 0.717) is 19.4 Å². The van der Waals surface area contributed by atoms with E-state index in [0.717, 1.165) is 38.5 Å². The van der Waals surface area contributed by atoms with Gasteiger partial charge in [-0.05, 0) is 57.8 Å². The molecule has 0 radical (unpaired) electrons. The number of rotatable bonds is 71. The number of allylic oxidation sites excluding steroid dienone is 3. The van der Waals surface area contributed by atoms with Crippen molar-refractivity contribution in [1.82, 2.24) is 5.32 Å². The van der Waals surface area contributed by atoms with Crippen molar-refractivity contribution in [3.63, 3.8) is 0 Å². The molecule has 82 heavy (non-hydrogen) atoms. The summed E-state index contributed by atoms with van der Waals surface area (Å²) in [5.74, 6) is -0.0411. The molecule has 0 aromatic heterocycles. The minimum Gasteiger partial charge on any atom is -0.466 e. The van der Waals surface area contributed by atoms with Crippen LogP contribution >= 0.6 is 0 Å². The summed E-state index contributed by atoms with van der Waals surface area (Å²) < 4.78 is 5.50. The molecule has 2 atom stereocenters. The molecule has 0 heterocycles. The van der Waals surface area contributed by atoms with Gasteiger partial charge in [0, 0.05) is 12.8 Å². The molecule has 0 rings (SSSR count). The highest BCUT2D eigenvalue weighted by atomic mass is 16.5. The Labute approximate surface area is 513 Å². The molecule has 0 aliphatic heterocycles. The first kappa shape index (κ1) is 80.3. The first-order chi connectivity index (χ1) is 40.5. The molecule has 0 fully saturated rings. The van der Waals surface area contributed by atoms with Crippen LogP contribution in [0.25, 0.3) is 0 Å². The van der Waals surface area contributed by atoms with Gasteiger partial charge in [0.15, 0.2) is 0 Å². The van der Waals surface area contributed by atoms with Crippen molar-refractivity contribution < 1.29 is 24.5 Å². The molecule has 0 aliphatic rings. The van der Waals surface area contributed by atoms with Crippen LogP contribution in [0.1, 0.15) is 425 Å². The maximum absolute atomic E-state index is 12.5. The van der Waals surface area contributed by atoms with E-state index in [9.17, 15) is 19.8 Å². The monoisotopic (exact) mass is 1150 g/mol. The lowest BCUT2D eigenvalue weighted by atomic mass is 10.0. The Morgan fingerprint density at radius 2 is 0.573 bits per heavy atom. The highest BCUT2D eigenvalue weighted by molar-refractivity contribution is 5.76. The van der Waals surface area contributed by atoms with Gasteiger partial charge in [-0.1, -0.05) is 378 Å². The predicted molar refractivity (Wildman–Crippen MR) is 361 cm³/mol. The number of carbonyl (C=O) groups excluding carboxylic acids is 2. The van der Waals surface area contributed by atoms with E-state index in [1.165, 1.54) is 360 Å². The minimum absolute atomic E-state index is 0.0205. The van der Waals surface area contributed by atoms with E-state index in [1.54, 1.807) is 6.08 Å². The van der Waals surface area contributed by atoms with Gasteiger partial charge in [-0.2, -0.15) is 0 Å². The molecule has 6 nitrogen and oxygen atoms in total. The summed E-state index contributed by atoms with van der Waals surface area (Å²) >= 11 is 0. The fourth-order valence-corrected chi connectivity index (χ4v) is 12.0. The summed E-state index contributed by atoms with van der Waals surface area (Å²) in [6, 6.07) is -0.627. The van der Waals surface area contributed by atoms with Crippen LogP contribution in [0.5, 0.6) is 0 Å². The van der Waals surface area contributed by atoms with E-state index in [1.807, 2.05) is 6.08 Å². The van der Waals surface area contributed by atoms with Gasteiger partial charge < -0.3 is 20.3 Å². The average molecular weight is 1160 g/mol. The summed E-state index contributed by atoms with van der Waals surface area (Å²) in [6.45, 7) is 4.95. The number of esters is 1. The zero-order valence-electron chi connectivity index (χ0n) is 55.8. The SMILES string of the molecule is CCCCCCCCCCCCCCCCCCCC/C=C/C(O)C(CO)NC(=O)CCCCCCCCCCCCCCCCC/C=C\CCCCCCCCCCCCCCOC(=O)CCCCCCCCCCCCCCCC. The average Bonchev–Trinajstić information content (AvgIpc) is 3.48. The van der Waals surface area contributed by atoms with Crippen LogP contribution in [-0.2, 0) is 14.3 Å². The zero-order valence-corrected chi connectivity index (χ0v) is 55.8. The number of unbranched alkanes of at least 4 members (excludes halogenated alkanes) is 58. The van der Waals surface area contributed by atoms with Gasteiger partial charge in [0.25, 0.3) is 0 Å². The fourth-order valence-electron chi connectivity index (χ4n) is 12.0. The number of hydrogen-bond donors (Lipinski definition) is 3. The van der Waals surface area contributed by atoms with Crippen molar-refractivity contribution in [2.24, 2.45) is 0 Å². The fraction of sp³-hybridized carbons (Fsp3) is 0.921. The molecule has 0 bridgehead atoms. The van der Waals surface area contributed by atoms with Crippen molar-refractivity contribution >= 4 is 11.9 Å².